The summed E-state index contributed by atoms with van der Waals surface area (Å²) in [6, 6.07) is 5.40. The fraction of sp³-hybridized carbons (Fsp3) is 0.231. The number of benzene rings is 1. The van der Waals surface area contributed by atoms with Gasteiger partial charge in [0.1, 0.15) is 6.54 Å². The SMILES string of the molecule is Cn1cnc2cc(NC(=O)Cn3ncc(NS(C)(=O)=O)n3)ccc21. The maximum Gasteiger partial charge on any atom is 0.247 e. The van der Waals surface area contributed by atoms with Crippen LogP contribution in [0.2, 0.25) is 0 Å². The summed E-state index contributed by atoms with van der Waals surface area (Å²) in [7, 11) is -1.55. The lowest BCUT2D eigenvalue weighted by Crippen LogP contribution is -2.20. The molecule has 0 aliphatic heterocycles. The fourth-order valence-electron chi connectivity index (χ4n) is 2.15. The topological polar surface area (TPSA) is 124 Å². The van der Waals surface area contributed by atoms with Gasteiger partial charge in [0.05, 0.1) is 29.8 Å². The highest BCUT2D eigenvalue weighted by Gasteiger charge is 2.10. The van der Waals surface area contributed by atoms with E-state index in [0.717, 1.165) is 22.1 Å². The van der Waals surface area contributed by atoms with Crippen molar-refractivity contribution in [3.63, 3.8) is 0 Å². The van der Waals surface area contributed by atoms with Crippen molar-refractivity contribution in [1.82, 2.24) is 24.5 Å². The van der Waals surface area contributed by atoms with Crippen molar-refractivity contribution in [2.24, 2.45) is 7.05 Å². The van der Waals surface area contributed by atoms with E-state index < -0.39 is 10.0 Å². The van der Waals surface area contributed by atoms with E-state index in [2.05, 4.69) is 25.2 Å². The lowest BCUT2D eigenvalue weighted by atomic mass is 10.2. The van der Waals surface area contributed by atoms with Crippen molar-refractivity contribution >= 4 is 38.5 Å². The zero-order chi connectivity index (χ0) is 17.3. The number of carbonyl (C=O) groups is 1. The molecule has 1 amide bonds. The zero-order valence-corrected chi connectivity index (χ0v) is 13.8. The number of hydrogen-bond donors (Lipinski definition) is 2. The summed E-state index contributed by atoms with van der Waals surface area (Å²) in [5, 5.41) is 10.4. The molecule has 0 unspecified atom stereocenters. The van der Waals surface area contributed by atoms with Crippen LogP contribution in [0.3, 0.4) is 0 Å². The molecule has 2 N–H and O–H groups in total. The van der Waals surface area contributed by atoms with Gasteiger partial charge >= 0.3 is 0 Å². The highest BCUT2D eigenvalue weighted by molar-refractivity contribution is 7.92. The van der Waals surface area contributed by atoms with Crippen LogP contribution in [0.5, 0.6) is 0 Å². The van der Waals surface area contributed by atoms with E-state index in [0.29, 0.717) is 5.69 Å². The number of fused-ring (bicyclic) bond motifs is 1. The summed E-state index contributed by atoms with van der Waals surface area (Å²) < 4.78 is 26.3. The van der Waals surface area contributed by atoms with Gasteiger partial charge in [0.15, 0.2) is 5.82 Å². The van der Waals surface area contributed by atoms with Gasteiger partial charge in [0, 0.05) is 12.7 Å². The predicted octanol–water partition coefficient (Wildman–Crippen LogP) is 0.175. The molecule has 126 valence electrons. The highest BCUT2D eigenvalue weighted by Crippen LogP contribution is 2.17. The number of sulfonamides is 1. The average Bonchev–Trinajstić information content (AvgIpc) is 3.04. The molecule has 2 heterocycles. The molecule has 0 saturated carbocycles. The van der Waals surface area contributed by atoms with E-state index in [1.807, 2.05) is 17.7 Å². The van der Waals surface area contributed by atoms with Crippen LogP contribution in [-0.2, 0) is 28.4 Å². The van der Waals surface area contributed by atoms with Crippen LogP contribution in [0, 0.1) is 0 Å². The molecule has 0 radical (unpaired) electrons. The minimum absolute atomic E-state index is 0.0557. The second-order valence-electron chi connectivity index (χ2n) is 5.24. The molecule has 24 heavy (non-hydrogen) atoms. The minimum Gasteiger partial charge on any atom is -0.334 e. The van der Waals surface area contributed by atoms with E-state index in [1.165, 1.54) is 6.20 Å². The Morgan fingerprint density at radius 3 is 2.88 bits per heavy atom. The Balaban J connectivity index is 1.66. The van der Waals surface area contributed by atoms with Gasteiger partial charge in [0.2, 0.25) is 15.9 Å². The molecular weight excluding hydrogens is 334 g/mol. The molecule has 0 atom stereocenters. The maximum atomic E-state index is 12.0. The van der Waals surface area contributed by atoms with Crippen molar-refractivity contribution in [2.75, 3.05) is 16.3 Å². The number of carbonyl (C=O) groups excluding carboxylic acids is 1. The summed E-state index contributed by atoms with van der Waals surface area (Å²) in [5.74, 6) is -0.285. The van der Waals surface area contributed by atoms with Crippen LogP contribution in [-0.4, -0.2) is 45.1 Å². The third kappa shape index (κ3) is 3.68. The van der Waals surface area contributed by atoms with Gasteiger partial charge in [-0.3, -0.25) is 9.52 Å². The summed E-state index contributed by atoms with van der Waals surface area (Å²) in [5.41, 5.74) is 2.33. The van der Waals surface area contributed by atoms with Crippen molar-refractivity contribution in [1.29, 1.82) is 0 Å². The zero-order valence-electron chi connectivity index (χ0n) is 13.0. The first kappa shape index (κ1) is 15.9. The third-order valence-corrected chi connectivity index (χ3v) is 3.70. The van der Waals surface area contributed by atoms with Crippen LogP contribution >= 0.6 is 0 Å². The highest BCUT2D eigenvalue weighted by atomic mass is 32.2. The Morgan fingerprint density at radius 1 is 1.33 bits per heavy atom. The molecule has 0 aliphatic rings. The molecular formula is C13H15N7O3S. The first-order valence-electron chi connectivity index (χ1n) is 6.89. The predicted molar refractivity (Wildman–Crippen MR) is 87.8 cm³/mol. The first-order chi connectivity index (χ1) is 11.3. The molecule has 3 rings (SSSR count). The molecule has 2 aromatic heterocycles. The second-order valence-corrected chi connectivity index (χ2v) is 6.99. The van der Waals surface area contributed by atoms with Gasteiger partial charge in [-0.25, -0.2) is 13.4 Å². The first-order valence-corrected chi connectivity index (χ1v) is 8.78. The Hall–Kier alpha value is -2.95. The summed E-state index contributed by atoms with van der Waals surface area (Å²) >= 11 is 0. The van der Waals surface area contributed by atoms with Gasteiger partial charge in [0.25, 0.3) is 0 Å². The summed E-state index contributed by atoms with van der Waals surface area (Å²) in [4.78, 5) is 17.4. The number of nitrogens with one attached hydrogen (secondary N) is 2. The van der Waals surface area contributed by atoms with Crippen molar-refractivity contribution < 1.29 is 13.2 Å². The van der Waals surface area contributed by atoms with E-state index in [1.54, 1.807) is 18.5 Å². The van der Waals surface area contributed by atoms with E-state index in [-0.39, 0.29) is 18.3 Å². The number of rotatable bonds is 5. The van der Waals surface area contributed by atoms with Crippen molar-refractivity contribution in [3.8, 4) is 0 Å². The monoisotopic (exact) mass is 349 g/mol. The minimum atomic E-state index is -3.43. The number of hydrogen-bond acceptors (Lipinski definition) is 6. The van der Waals surface area contributed by atoms with E-state index in [4.69, 9.17) is 0 Å². The third-order valence-electron chi connectivity index (χ3n) is 3.12. The van der Waals surface area contributed by atoms with Crippen LogP contribution < -0.4 is 10.0 Å². The normalized spacial score (nSPS) is 11.6. The van der Waals surface area contributed by atoms with Gasteiger partial charge in [-0.05, 0) is 18.2 Å². The number of aromatic nitrogens is 5. The molecule has 0 bridgehead atoms. The van der Waals surface area contributed by atoms with E-state index >= 15 is 0 Å². The molecule has 0 fully saturated rings. The second kappa shape index (κ2) is 5.92. The van der Waals surface area contributed by atoms with Crippen molar-refractivity contribution in [2.45, 2.75) is 6.54 Å². The van der Waals surface area contributed by atoms with Crippen LogP contribution in [0.25, 0.3) is 11.0 Å². The fourth-order valence-corrected chi connectivity index (χ4v) is 2.63. The largest absolute Gasteiger partial charge is 0.334 e. The van der Waals surface area contributed by atoms with Crippen LogP contribution in [0.4, 0.5) is 11.5 Å². The maximum absolute atomic E-state index is 12.0. The van der Waals surface area contributed by atoms with Crippen LogP contribution in [0.15, 0.2) is 30.7 Å². The van der Waals surface area contributed by atoms with Crippen LogP contribution in [0.1, 0.15) is 0 Å². The summed E-state index contributed by atoms with van der Waals surface area (Å²) in [6.07, 6.45) is 3.93. The standard InChI is InChI=1S/C13H15N7O3S/c1-19-8-14-10-5-9(3-4-11(10)19)16-13(21)7-20-15-6-12(17-20)18-24(2,22)23/h3-6,8H,7H2,1-2H3,(H,16,21)(H,17,18). The molecule has 1 aromatic carbocycles. The molecule has 0 saturated heterocycles. The van der Waals surface area contributed by atoms with Gasteiger partial charge < -0.3 is 9.88 Å². The van der Waals surface area contributed by atoms with Gasteiger partial charge in [-0.15, -0.1) is 5.10 Å². The Bertz CT molecular complexity index is 1010. The lowest BCUT2D eigenvalue weighted by molar-refractivity contribution is -0.117. The van der Waals surface area contributed by atoms with Gasteiger partial charge in [-0.2, -0.15) is 9.90 Å². The number of aryl methyl sites for hydroxylation is 1. The molecule has 10 nitrogen and oxygen atoms in total. The number of nitrogens with zero attached hydrogens (tertiary/aromatic N) is 5. The van der Waals surface area contributed by atoms with E-state index in [9.17, 15) is 13.2 Å². The number of imidazole rings is 1. The van der Waals surface area contributed by atoms with Crippen molar-refractivity contribution in [3.05, 3.63) is 30.7 Å². The Labute approximate surface area is 137 Å². The number of amides is 1. The Kier molecular flexibility index (Phi) is 3.93. The molecule has 3 aromatic rings. The quantitative estimate of drug-likeness (QED) is 0.677. The smallest absolute Gasteiger partial charge is 0.247 e. The molecule has 11 heteroatoms. The number of anilines is 2. The molecule has 0 aliphatic carbocycles. The average molecular weight is 349 g/mol. The summed E-state index contributed by atoms with van der Waals surface area (Å²) in [6.45, 7) is -0.147. The van der Waals surface area contributed by atoms with Gasteiger partial charge in [-0.1, -0.05) is 0 Å². The lowest BCUT2D eigenvalue weighted by Gasteiger charge is -2.05. The molecule has 0 spiro atoms. The Morgan fingerprint density at radius 2 is 2.12 bits per heavy atom.